The van der Waals surface area contributed by atoms with Gasteiger partial charge in [0.1, 0.15) is 5.01 Å². The Balaban J connectivity index is 2.05. The Hall–Kier alpha value is -1.95. The second kappa shape index (κ2) is 6.29. The highest BCUT2D eigenvalue weighted by Crippen LogP contribution is 2.24. The first kappa shape index (κ1) is 13.5. The smallest absolute Gasteiger partial charge is 0.305 e. The number of carbonyl (C=O) groups excluding carboxylic acids is 1. The number of rotatable bonds is 5. The summed E-state index contributed by atoms with van der Waals surface area (Å²) in [4.78, 5) is 19.7. The number of carbonyl (C=O) groups is 1. The molecule has 2 rings (SSSR count). The van der Waals surface area contributed by atoms with E-state index < -0.39 is 0 Å². The molecule has 2 heterocycles. The van der Waals surface area contributed by atoms with Gasteiger partial charge in [-0.15, -0.1) is 11.3 Å². The molecule has 19 heavy (non-hydrogen) atoms. The molecular weight excluding hydrogens is 264 g/mol. The van der Waals surface area contributed by atoms with E-state index in [4.69, 9.17) is 4.74 Å². The molecule has 0 saturated heterocycles. The van der Waals surface area contributed by atoms with Crippen LogP contribution in [0.1, 0.15) is 12.1 Å². The number of ether oxygens (including phenoxy) is 2. The molecule has 0 radical (unpaired) electrons. The Morgan fingerprint density at radius 1 is 1.37 bits per heavy atom. The van der Waals surface area contributed by atoms with Gasteiger partial charge >= 0.3 is 5.97 Å². The molecule has 5 nitrogen and oxygen atoms in total. The van der Waals surface area contributed by atoms with E-state index in [1.54, 1.807) is 19.4 Å². The summed E-state index contributed by atoms with van der Waals surface area (Å²) in [5.41, 5.74) is 1.83. The van der Waals surface area contributed by atoms with Crippen LogP contribution in [0.3, 0.4) is 0 Å². The first-order valence-corrected chi connectivity index (χ1v) is 6.62. The summed E-state index contributed by atoms with van der Waals surface area (Å²) >= 11 is 1.53. The van der Waals surface area contributed by atoms with E-state index in [0.29, 0.717) is 18.7 Å². The zero-order valence-electron chi connectivity index (χ0n) is 10.8. The fraction of sp³-hybridized carbons (Fsp3) is 0.308. The molecule has 0 atom stereocenters. The van der Waals surface area contributed by atoms with Gasteiger partial charge in [-0.05, 0) is 6.07 Å². The van der Waals surface area contributed by atoms with Crippen molar-refractivity contribution in [3.63, 3.8) is 0 Å². The minimum Gasteiger partial charge on any atom is -0.481 e. The van der Waals surface area contributed by atoms with Gasteiger partial charge in [0.25, 0.3) is 0 Å². The number of aryl methyl sites for hydroxylation is 1. The molecule has 0 aromatic carbocycles. The topological polar surface area (TPSA) is 61.3 Å². The van der Waals surface area contributed by atoms with Crippen LogP contribution in [0.4, 0.5) is 0 Å². The van der Waals surface area contributed by atoms with Gasteiger partial charge in [-0.25, -0.2) is 9.97 Å². The predicted octanol–water partition coefficient (Wildman–Crippen LogP) is 2.32. The molecule has 6 heteroatoms. The average molecular weight is 278 g/mol. The van der Waals surface area contributed by atoms with Crippen LogP contribution in [0.15, 0.2) is 23.7 Å². The van der Waals surface area contributed by atoms with E-state index in [1.165, 1.54) is 18.4 Å². The van der Waals surface area contributed by atoms with Gasteiger partial charge < -0.3 is 9.47 Å². The van der Waals surface area contributed by atoms with Gasteiger partial charge in [-0.3, -0.25) is 4.79 Å². The van der Waals surface area contributed by atoms with Gasteiger partial charge in [-0.2, -0.15) is 0 Å². The average Bonchev–Trinajstić information content (AvgIpc) is 2.93. The number of aromatic nitrogens is 2. The molecule has 0 unspecified atom stereocenters. The SMILES string of the molecule is COC(=O)CCc1csc(-c2ccc(OC)nc2)n1. The van der Waals surface area contributed by atoms with Crippen molar-refractivity contribution < 1.29 is 14.3 Å². The summed E-state index contributed by atoms with van der Waals surface area (Å²) in [6.45, 7) is 0. The summed E-state index contributed by atoms with van der Waals surface area (Å²) < 4.78 is 9.61. The minimum absolute atomic E-state index is 0.222. The largest absolute Gasteiger partial charge is 0.481 e. The monoisotopic (exact) mass is 278 g/mol. The number of pyridine rings is 1. The number of nitrogens with zero attached hydrogens (tertiary/aromatic N) is 2. The molecule has 100 valence electrons. The Kier molecular flexibility index (Phi) is 4.46. The molecule has 0 aliphatic carbocycles. The second-order valence-electron chi connectivity index (χ2n) is 3.81. The Morgan fingerprint density at radius 3 is 2.84 bits per heavy atom. The third kappa shape index (κ3) is 3.51. The van der Waals surface area contributed by atoms with E-state index in [-0.39, 0.29) is 5.97 Å². The molecule has 0 amide bonds. The van der Waals surface area contributed by atoms with Gasteiger partial charge in [-0.1, -0.05) is 0 Å². The molecule has 0 spiro atoms. The van der Waals surface area contributed by atoms with Crippen LogP contribution in [0, 0.1) is 0 Å². The summed E-state index contributed by atoms with van der Waals surface area (Å²) in [6, 6.07) is 3.71. The normalized spacial score (nSPS) is 10.2. The molecule has 2 aromatic heterocycles. The van der Waals surface area contributed by atoms with E-state index in [0.717, 1.165) is 16.3 Å². The lowest BCUT2D eigenvalue weighted by Gasteiger charge is -1.99. The number of hydrogen-bond donors (Lipinski definition) is 0. The van der Waals surface area contributed by atoms with Gasteiger partial charge in [0.05, 0.1) is 26.3 Å². The van der Waals surface area contributed by atoms with Crippen molar-refractivity contribution in [3.05, 3.63) is 29.4 Å². The van der Waals surface area contributed by atoms with Crippen molar-refractivity contribution in [2.45, 2.75) is 12.8 Å². The van der Waals surface area contributed by atoms with Crippen LogP contribution in [-0.2, 0) is 16.0 Å². The van der Waals surface area contributed by atoms with Crippen LogP contribution >= 0.6 is 11.3 Å². The number of esters is 1. The van der Waals surface area contributed by atoms with Gasteiger partial charge in [0, 0.05) is 29.6 Å². The maximum Gasteiger partial charge on any atom is 0.305 e. The third-order valence-corrected chi connectivity index (χ3v) is 3.50. The predicted molar refractivity (Wildman–Crippen MR) is 72.2 cm³/mol. The van der Waals surface area contributed by atoms with Crippen LogP contribution < -0.4 is 4.74 Å². The first-order valence-electron chi connectivity index (χ1n) is 5.74. The number of thiazole rings is 1. The molecule has 0 bridgehead atoms. The fourth-order valence-corrected chi connectivity index (χ4v) is 2.36. The second-order valence-corrected chi connectivity index (χ2v) is 4.67. The summed E-state index contributed by atoms with van der Waals surface area (Å²) in [7, 11) is 2.97. The Morgan fingerprint density at radius 2 is 2.21 bits per heavy atom. The minimum atomic E-state index is -0.222. The summed E-state index contributed by atoms with van der Waals surface area (Å²) in [5.74, 6) is 0.354. The Bertz CT molecular complexity index is 551. The van der Waals surface area contributed by atoms with Crippen LogP contribution in [0.5, 0.6) is 5.88 Å². The summed E-state index contributed by atoms with van der Waals surface area (Å²) in [5, 5.41) is 2.83. The van der Waals surface area contributed by atoms with E-state index in [1.807, 2.05) is 11.4 Å². The lowest BCUT2D eigenvalue weighted by Crippen LogP contribution is -2.01. The zero-order valence-corrected chi connectivity index (χ0v) is 11.6. The van der Waals surface area contributed by atoms with Crippen molar-refractivity contribution >= 4 is 17.3 Å². The summed E-state index contributed by atoms with van der Waals surface area (Å²) in [6.07, 6.45) is 2.66. The standard InChI is InChI=1S/C13H14N2O3S/c1-17-11-5-3-9(7-14-11)13-15-10(8-19-13)4-6-12(16)18-2/h3,5,7-8H,4,6H2,1-2H3. The number of hydrogen-bond acceptors (Lipinski definition) is 6. The van der Waals surface area contributed by atoms with Crippen molar-refractivity contribution in [1.29, 1.82) is 0 Å². The fourth-order valence-electron chi connectivity index (χ4n) is 1.51. The molecule has 0 saturated carbocycles. The van der Waals surface area contributed by atoms with Crippen molar-refractivity contribution in [2.75, 3.05) is 14.2 Å². The van der Waals surface area contributed by atoms with E-state index in [2.05, 4.69) is 14.7 Å². The highest BCUT2D eigenvalue weighted by molar-refractivity contribution is 7.13. The van der Waals surface area contributed by atoms with E-state index >= 15 is 0 Å². The van der Waals surface area contributed by atoms with Crippen LogP contribution in [0.25, 0.3) is 10.6 Å². The molecule has 2 aromatic rings. The maximum atomic E-state index is 11.1. The molecule has 0 aliphatic rings. The van der Waals surface area contributed by atoms with Crippen molar-refractivity contribution in [2.24, 2.45) is 0 Å². The Labute approximate surface area is 115 Å². The highest BCUT2D eigenvalue weighted by atomic mass is 32.1. The third-order valence-electron chi connectivity index (χ3n) is 2.56. The maximum absolute atomic E-state index is 11.1. The first-order chi connectivity index (χ1) is 9.22. The van der Waals surface area contributed by atoms with Crippen molar-refractivity contribution in [3.8, 4) is 16.5 Å². The van der Waals surface area contributed by atoms with Gasteiger partial charge in [0.15, 0.2) is 0 Å². The van der Waals surface area contributed by atoms with Crippen LogP contribution in [-0.4, -0.2) is 30.2 Å². The molecular formula is C13H14N2O3S. The number of methoxy groups -OCH3 is 2. The lowest BCUT2D eigenvalue weighted by atomic mass is 10.2. The zero-order chi connectivity index (χ0) is 13.7. The van der Waals surface area contributed by atoms with Gasteiger partial charge in [0.2, 0.25) is 5.88 Å². The molecule has 0 N–H and O–H groups in total. The van der Waals surface area contributed by atoms with E-state index in [9.17, 15) is 4.79 Å². The quantitative estimate of drug-likeness (QED) is 0.785. The van der Waals surface area contributed by atoms with Crippen molar-refractivity contribution in [1.82, 2.24) is 9.97 Å². The highest BCUT2D eigenvalue weighted by Gasteiger charge is 2.08. The molecule has 0 aliphatic heterocycles. The van der Waals surface area contributed by atoms with Crippen LogP contribution in [0.2, 0.25) is 0 Å². The lowest BCUT2D eigenvalue weighted by molar-refractivity contribution is -0.140. The molecule has 0 fully saturated rings.